The van der Waals surface area contributed by atoms with Crippen LogP contribution < -0.4 is 4.90 Å². The zero-order valence-electron chi connectivity index (χ0n) is 33.4. The molecule has 1 aliphatic carbocycles. The number of furan rings is 1. The Bertz CT molecular complexity index is 3350. The molecule has 1 aromatic heterocycles. The first-order valence-electron chi connectivity index (χ1n) is 21.0. The highest BCUT2D eigenvalue weighted by Crippen LogP contribution is 2.57. The molecule has 10 aromatic carbocycles. The molecule has 0 amide bonds. The van der Waals surface area contributed by atoms with Gasteiger partial charge in [0.1, 0.15) is 5.58 Å². The van der Waals surface area contributed by atoms with Crippen LogP contribution in [0.15, 0.2) is 241 Å². The SMILES string of the molecule is c1ccc(-c2ccc(N(c3ccc4c(c3)C(c3ccccc3)(c3ccccc3)c3ccccc3-4)c3cc(-c4ccccc4)cc4c3oc3c5ccccc5ccc43)cc2)cc1. The lowest BCUT2D eigenvalue weighted by Crippen LogP contribution is -2.28. The van der Waals surface area contributed by atoms with E-state index >= 15 is 0 Å². The van der Waals surface area contributed by atoms with E-state index in [0.717, 1.165) is 60.9 Å². The third-order valence-electron chi connectivity index (χ3n) is 12.7. The zero-order valence-corrected chi connectivity index (χ0v) is 33.4. The topological polar surface area (TPSA) is 16.4 Å². The molecule has 0 saturated heterocycles. The fourth-order valence-electron chi connectivity index (χ4n) is 9.98. The van der Waals surface area contributed by atoms with Gasteiger partial charge < -0.3 is 9.32 Å². The van der Waals surface area contributed by atoms with E-state index in [-0.39, 0.29) is 0 Å². The Morgan fingerprint density at radius 2 is 0.885 bits per heavy atom. The number of benzene rings is 10. The Balaban J connectivity index is 1.17. The van der Waals surface area contributed by atoms with Gasteiger partial charge in [-0.1, -0.05) is 194 Å². The van der Waals surface area contributed by atoms with Crippen molar-refractivity contribution in [3.8, 4) is 33.4 Å². The minimum atomic E-state index is -0.549. The van der Waals surface area contributed by atoms with Crippen LogP contribution in [0.3, 0.4) is 0 Å². The summed E-state index contributed by atoms with van der Waals surface area (Å²) >= 11 is 0. The molecule has 0 bridgehead atoms. The van der Waals surface area contributed by atoms with Gasteiger partial charge in [-0.05, 0) is 103 Å². The van der Waals surface area contributed by atoms with Crippen molar-refractivity contribution < 1.29 is 4.42 Å². The van der Waals surface area contributed by atoms with Crippen LogP contribution in [0.1, 0.15) is 22.3 Å². The van der Waals surface area contributed by atoms with Crippen molar-refractivity contribution >= 4 is 49.8 Å². The molecule has 0 atom stereocenters. The Labute approximate surface area is 355 Å². The second-order valence-corrected chi connectivity index (χ2v) is 16.0. The first-order valence-corrected chi connectivity index (χ1v) is 21.0. The van der Waals surface area contributed by atoms with Gasteiger partial charge in [0.2, 0.25) is 0 Å². The van der Waals surface area contributed by atoms with Gasteiger partial charge in [0.25, 0.3) is 0 Å². The molecule has 11 aromatic rings. The van der Waals surface area contributed by atoms with Gasteiger partial charge in [-0.3, -0.25) is 0 Å². The van der Waals surface area contributed by atoms with Crippen molar-refractivity contribution in [3.63, 3.8) is 0 Å². The van der Waals surface area contributed by atoms with Gasteiger partial charge in [0.15, 0.2) is 5.58 Å². The summed E-state index contributed by atoms with van der Waals surface area (Å²) in [6.45, 7) is 0. The predicted molar refractivity (Wildman–Crippen MR) is 254 cm³/mol. The Kier molecular flexibility index (Phi) is 8.11. The van der Waals surface area contributed by atoms with Crippen LogP contribution in [-0.4, -0.2) is 0 Å². The maximum Gasteiger partial charge on any atom is 0.159 e. The lowest BCUT2D eigenvalue weighted by Gasteiger charge is -2.35. The van der Waals surface area contributed by atoms with Gasteiger partial charge in [0, 0.05) is 27.5 Å². The van der Waals surface area contributed by atoms with E-state index in [2.05, 4.69) is 241 Å². The molecule has 0 aliphatic heterocycles. The smallest absolute Gasteiger partial charge is 0.159 e. The van der Waals surface area contributed by atoms with Crippen molar-refractivity contribution in [2.75, 3.05) is 4.90 Å². The Morgan fingerprint density at radius 3 is 1.59 bits per heavy atom. The molecule has 0 N–H and O–H groups in total. The molecule has 1 aliphatic rings. The quantitative estimate of drug-likeness (QED) is 0.160. The fraction of sp³-hybridized carbons (Fsp3) is 0.0169. The molecule has 1 heterocycles. The van der Waals surface area contributed by atoms with Crippen LogP contribution in [-0.2, 0) is 5.41 Å². The highest BCUT2D eigenvalue weighted by atomic mass is 16.3. The van der Waals surface area contributed by atoms with Crippen LogP contribution >= 0.6 is 0 Å². The maximum absolute atomic E-state index is 7.19. The zero-order chi connectivity index (χ0) is 40.3. The minimum absolute atomic E-state index is 0.549. The van der Waals surface area contributed by atoms with Gasteiger partial charge in [-0.15, -0.1) is 0 Å². The van der Waals surface area contributed by atoms with Gasteiger partial charge in [-0.2, -0.15) is 0 Å². The van der Waals surface area contributed by atoms with Crippen LogP contribution in [0.5, 0.6) is 0 Å². The maximum atomic E-state index is 7.19. The summed E-state index contributed by atoms with van der Waals surface area (Å²) in [4.78, 5) is 2.41. The predicted octanol–water partition coefficient (Wildman–Crippen LogP) is 15.9. The number of nitrogens with zero attached hydrogens (tertiary/aromatic N) is 1. The number of hydrogen-bond acceptors (Lipinski definition) is 2. The fourth-order valence-corrected chi connectivity index (χ4v) is 9.98. The number of anilines is 3. The first-order chi connectivity index (χ1) is 30.3. The minimum Gasteiger partial charge on any atom is -0.453 e. The van der Waals surface area contributed by atoms with E-state index in [4.69, 9.17) is 4.42 Å². The van der Waals surface area contributed by atoms with Gasteiger partial charge >= 0.3 is 0 Å². The first kappa shape index (κ1) is 35.0. The van der Waals surface area contributed by atoms with E-state index in [0.29, 0.717) is 0 Å². The summed E-state index contributed by atoms with van der Waals surface area (Å²) in [5.74, 6) is 0. The van der Waals surface area contributed by atoms with E-state index < -0.39 is 5.41 Å². The highest BCUT2D eigenvalue weighted by Gasteiger charge is 2.46. The van der Waals surface area contributed by atoms with Gasteiger partial charge in [0.05, 0.1) is 11.1 Å². The third kappa shape index (κ3) is 5.50. The largest absolute Gasteiger partial charge is 0.453 e. The van der Waals surface area contributed by atoms with Crippen LogP contribution in [0.2, 0.25) is 0 Å². The van der Waals surface area contributed by atoms with Crippen molar-refractivity contribution in [2.45, 2.75) is 5.41 Å². The van der Waals surface area contributed by atoms with E-state index in [1.54, 1.807) is 0 Å². The van der Waals surface area contributed by atoms with Crippen LogP contribution in [0, 0.1) is 0 Å². The molecule has 61 heavy (non-hydrogen) atoms. The molecule has 2 nitrogen and oxygen atoms in total. The highest BCUT2D eigenvalue weighted by molar-refractivity contribution is 6.18. The summed E-state index contributed by atoms with van der Waals surface area (Å²) in [6.07, 6.45) is 0. The molecule has 2 heteroatoms. The van der Waals surface area contributed by atoms with E-state index in [9.17, 15) is 0 Å². The molecule has 286 valence electrons. The second-order valence-electron chi connectivity index (χ2n) is 16.0. The molecule has 0 saturated carbocycles. The summed E-state index contributed by atoms with van der Waals surface area (Å²) < 4.78 is 7.19. The normalized spacial score (nSPS) is 12.7. The van der Waals surface area contributed by atoms with Crippen LogP contribution in [0.4, 0.5) is 17.1 Å². The Morgan fingerprint density at radius 1 is 0.328 bits per heavy atom. The third-order valence-corrected chi connectivity index (χ3v) is 12.7. The van der Waals surface area contributed by atoms with Crippen molar-refractivity contribution in [1.82, 2.24) is 0 Å². The monoisotopic (exact) mass is 777 g/mol. The average Bonchev–Trinajstić information content (AvgIpc) is 3.87. The summed E-state index contributed by atoms with van der Waals surface area (Å²) in [5.41, 5.74) is 16.4. The molecular weight excluding hydrogens is 739 g/mol. The average molecular weight is 778 g/mol. The number of rotatable bonds is 7. The van der Waals surface area contributed by atoms with Crippen LogP contribution in [0.25, 0.3) is 66.1 Å². The second kappa shape index (κ2) is 14.1. The molecule has 0 unspecified atom stereocenters. The molecule has 0 spiro atoms. The van der Waals surface area contributed by atoms with Crippen molar-refractivity contribution in [2.24, 2.45) is 0 Å². The van der Waals surface area contributed by atoms with Gasteiger partial charge in [-0.25, -0.2) is 0 Å². The Hall–Kier alpha value is -7.94. The summed E-state index contributed by atoms with van der Waals surface area (Å²) in [6, 6.07) is 86.0. The number of fused-ring (bicyclic) bond motifs is 8. The standard InChI is InChI=1S/C59H39NO/c1-5-17-40(18-6-1)42-29-32-47(33-30-42)60(56-38-44(41-19-7-2-8-20-41)37-53-52-35-31-43-21-13-14-26-49(43)57(52)61-58(53)56)48-34-36-51-50-27-15-16-28-54(50)59(55(51)39-48,45-22-9-3-10-23-45)46-24-11-4-12-25-46/h1-39H. The molecule has 12 rings (SSSR count). The van der Waals surface area contributed by atoms with Crippen molar-refractivity contribution in [1.29, 1.82) is 0 Å². The van der Waals surface area contributed by atoms with Crippen molar-refractivity contribution in [3.05, 3.63) is 259 Å². The molecule has 0 radical (unpaired) electrons. The van der Waals surface area contributed by atoms with E-state index in [1.165, 1.54) is 44.5 Å². The molecule has 0 fully saturated rings. The number of hydrogen-bond donors (Lipinski definition) is 0. The summed E-state index contributed by atoms with van der Waals surface area (Å²) in [5, 5.41) is 4.44. The lowest BCUT2D eigenvalue weighted by molar-refractivity contribution is 0.673. The van der Waals surface area contributed by atoms with E-state index in [1.807, 2.05) is 0 Å². The molecular formula is C59H39NO. The lowest BCUT2D eigenvalue weighted by atomic mass is 9.67. The summed E-state index contributed by atoms with van der Waals surface area (Å²) in [7, 11) is 0.